The average molecular weight is 285 g/mol. The zero-order valence-corrected chi connectivity index (χ0v) is 12.9. The number of benzene rings is 1. The first-order valence-corrected chi connectivity index (χ1v) is 7.64. The Hall–Kier alpha value is -2.04. The Bertz CT molecular complexity index is 519. The molecule has 2 heterocycles. The smallest absolute Gasteiger partial charge is 0.229 e. The summed E-state index contributed by atoms with van der Waals surface area (Å²) in [5, 5.41) is 0. The van der Waals surface area contributed by atoms with E-state index in [1.807, 2.05) is 30.3 Å². The molecule has 2 saturated heterocycles. The number of likely N-dealkylation sites (N-methyl/N-ethyl adjacent to an activating group) is 2. The summed E-state index contributed by atoms with van der Waals surface area (Å²) in [6, 6.07) is 10.1. The number of hydrogen-bond donors (Lipinski definition) is 0. The largest absolute Gasteiger partial charge is 0.344 e. The topological polar surface area (TPSA) is 34.4 Å². The second kappa shape index (κ2) is 6.16. The first kappa shape index (κ1) is 13.9. The molecule has 0 saturated carbocycles. The Kier molecular flexibility index (Phi) is 4.08. The lowest BCUT2D eigenvalue weighted by Gasteiger charge is -2.21. The summed E-state index contributed by atoms with van der Waals surface area (Å²) in [6.07, 6.45) is 2.45. The molecule has 0 N–H and O–H groups in total. The SMILES string of the molecule is CN1CCN(C)C1=NC(=Nc1ccccc1)N1CCCC1. The maximum Gasteiger partial charge on any atom is 0.229 e. The molecule has 0 atom stereocenters. The van der Waals surface area contributed by atoms with Gasteiger partial charge in [0.05, 0.1) is 5.69 Å². The van der Waals surface area contributed by atoms with Gasteiger partial charge in [-0.05, 0) is 25.0 Å². The number of hydrogen-bond acceptors (Lipinski definition) is 1. The second-order valence-corrected chi connectivity index (χ2v) is 5.70. The predicted octanol–water partition coefficient (Wildman–Crippen LogP) is 2.00. The van der Waals surface area contributed by atoms with Crippen LogP contribution in [-0.4, -0.2) is 66.9 Å². The van der Waals surface area contributed by atoms with Crippen molar-refractivity contribution in [3.8, 4) is 0 Å². The third kappa shape index (κ3) is 3.17. The highest BCUT2D eigenvalue weighted by molar-refractivity contribution is 5.96. The van der Waals surface area contributed by atoms with E-state index in [0.717, 1.165) is 43.8 Å². The molecule has 2 aliphatic heterocycles. The third-order valence-corrected chi connectivity index (χ3v) is 4.03. The molecule has 0 spiro atoms. The minimum absolute atomic E-state index is 0.842. The van der Waals surface area contributed by atoms with Crippen LogP contribution in [0.1, 0.15) is 12.8 Å². The summed E-state index contributed by atoms with van der Waals surface area (Å²) in [5.74, 6) is 1.85. The van der Waals surface area contributed by atoms with E-state index in [1.165, 1.54) is 12.8 Å². The van der Waals surface area contributed by atoms with Crippen LogP contribution in [0.15, 0.2) is 40.3 Å². The molecular weight excluding hydrogens is 262 g/mol. The molecular formula is C16H23N5. The molecule has 0 aromatic heterocycles. The number of guanidine groups is 2. The molecule has 0 aliphatic carbocycles. The minimum atomic E-state index is 0.842. The van der Waals surface area contributed by atoms with Crippen molar-refractivity contribution < 1.29 is 0 Å². The van der Waals surface area contributed by atoms with Gasteiger partial charge in [-0.15, -0.1) is 0 Å². The third-order valence-electron chi connectivity index (χ3n) is 4.03. The summed E-state index contributed by atoms with van der Waals surface area (Å²) >= 11 is 0. The van der Waals surface area contributed by atoms with E-state index in [2.05, 4.69) is 28.8 Å². The van der Waals surface area contributed by atoms with Crippen LogP contribution in [-0.2, 0) is 0 Å². The van der Waals surface area contributed by atoms with Gasteiger partial charge in [0.1, 0.15) is 0 Å². The second-order valence-electron chi connectivity index (χ2n) is 5.70. The number of rotatable bonds is 1. The maximum absolute atomic E-state index is 4.86. The van der Waals surface area contributed by atoms with E-state index in [-0.39, 0.29) is 0 Å². The molecule has 21 heavy (non-hydrogen) atoms. The standard InChI is InChI=1S/C16H23N5/c1-19-12-13-20(2)16(19)18-15(21-10-6-7-11-21)17-14-8-4-3-5-9-14/h3-5,8-9H,6-7,10-13H2,1-2H3. The van der Waals surface area contributed by atoms with Gasteiger partial charge in [0.15, 0.2) is 0 Å². The van der Waals surface area contributed by atoms with Gasteiger partial charge in [0.25, 0.3) is 0 Å². The van der Waals surface area contributed by atoms with Gasteiger partial charge in [-0.25, -0.2) is 4.99 Å². The first-order chi connectivity index (χ1) is 10.2. The highest BCUT2D eigenvalue weighted by Gasteiger charge is 2.23. The van der Waals surface area contributed by atoms with Gasteiger partial charge >= 0.3 is 0 Å². The van der Waals surface area contributed by atoms with Crippen molar-refractivity contribution in [2.45, 2.75) is 12.8 Å². The lowest BCUT2D eigenvalue weighted by Crippen LogP contribution is -2.33. The first-order valence-electron chi connectivity index (χ1n) is 7.64. The van der Waals surface area contributed by atoms with Gasteiger partial charge < -0.3 is 14.7 Å². The molecule has 0 bridgehead atoms. The van der Waals surface area contributed by atoms with Crippen LogP contribution in [0.2, 0.25) is 0 Å². The van der Waals surface area contributed by atoms with E-state index in [0.29, 0.717) is 0 Å². The van der Waals surface area contributed by atoms with Crippen molar-refractivity contribution in [3.05, 3.63) is 30.3 Å². The Labute approximate surface area is 126 Å². The number of aliphatic imine (C=N–C) groups is 2. The highest BCUT2D eigenvalue weighted by atomic mass is 15.4. The summed E-state index contributed by atoms with van der Waals surface area (Å²) in [5.41, 5.74) is 0.965. The molecule has 2 fully saturated rings. The van der Waals surface area contributed by atoms with Crippen LogP contribution < -0.4 is 0 Å². The molecule has 0 radical (unpaired) electrons. The summed E-state index contributed by atoms with van der Waals surface area (Å²) in [4.78, 5) is 16.3. The summed E-state index contributed by atoms with van der Waals surface area (Å²) < 4.78 is 0. The molecule has 5 heteroatoms. The van der Waals surface area contributed by atoms with Gasteiger partial charge in [-0.1, -0.05) is 18.2 Å². The molecule has 2 aliphatic rings. The fourth-order valence-corrected chi connectivity index (χ4v) is 2.75. The van der Waals surface area contributed by atoms with Gasteiger partial charge in [0, 0.05) is 40.3 Å². The van der Waals surface area contributed by atoms with Gasteiger partial charge in [-0.2, -0.15) is 4.99 Å². The van der Waals surface area contributed by atoms with E-state index in [9.17, 15) is 0 Å². The van der Waals surface area contributed by atoms with E-state index >= 15 is 0 Å². The van der Waals surface area contributed by atoms with Crippen LogP contribution >= 0.6 is 0 Å². The van der Waals surface area contributed by atoms with E-state index in [4.69, 9.17) is 9.98 Å². The maximum atomic E-state index is 4.86. The Balaban J connectivity index is 1.93. The van der Waals surface area contributed by atoms with E-state index < -0.39 is 0 Å². The van der Waals surface area contributed by atoms with Crippen LogP contribution in [0.5, 0.6) is 0 Å². The van der Waals surface area contributed by atoms with Crippen molar-refractivity contribution in [1.29, 1.82) is 0 Å². The zero-order valence-electron chi connectivity index (χ0n) is 12.9. The fraction of sp³-hybridized carbons (Fsp3) is 0.500. The molecule has 112 valence electrons. The van der Waals surface area contributed by atoms with Crippen LogP contribution in [0.4, 0.5) is 5.69 Å². The summed E-state index contributed by atoms with van der Waals surface area (Å²) in [6.45, 7) is 4.15. The highest BCUT2D eigenvalue weighted by Crippen LogP contribution is 2.16. The Morgan fingerprint density at radius 3 is 2.14 bits per heavy atom. The average Bonchev–Trinajstić information content (AvgIpc) is 3.13. The lowest BCUT2D eigenvalue weighted by atomic mass is 10.3. The molecule has 0 unspecified atom stereocenters. The van der Waals surface area contributed by atoms with Crippen LogP contribution in [0.3, 0.4) is 0 Å². The van der Waals surface area contributed by atoms with Crippen molar-refractivity contribution in [2.24, 2.45) is 9.98 Å². The van der Waals surface area contributed by atoms with Gasteiger partial charge in [0.2, 0.25) is 11.9 Å². The predicted molar refractivity (Wildman–Crippen MR) is 87.0 cm³/mol. The lowest BCUT2D eigenvalue weighted by molar-refractivity contribution is 0.508. The Morgan fingerprint density at radius 2 is 1.52 bits per heavy atom. The molecule has 5 nitrogen and oxygen atoms in total. The van der Waals surface area contributed by atoms with Crippen LogP contribution in [0.25, 0.3) is 0 Å². The molecule has 0 amide bonds. The zero-order chi connectivity index (χ0) is 14.7. The monoisotopic (exact) mass is 285 g/mol. The number of nitrogens with zero attached hydrogens (tertiary/aromatic N) is 5. The van der Waals surface area contributed by atoms with Crippen molar-refractivity contribution in [3.63, 3.8) is 0 Å². The normalized spacial score (nSPS) is 19.6. The van der Waals surface area contributed by atoms with Crippen molar-refractivity contribution in [1.82, 2.24) is 14.7 Å². The quantitative estimate of drug-likeness (QED) is 0.585. The van der Waals surface area contributed by atoms with Crippen LogP contribution in [0, 0.1) is 0 Å². The number of likely N-dealkylation sites (tertiary alicyclic amines) is 1. The van der Waals surface area contributed by atoms with E-state index in [1.54, 1.807) is 0 Å². The fourth-order valence-electron chi connectivity index (χ4n) is 2.75. The van der Waals surface area contributed by atoms with Crippen molar-refractivity contribution >= 4 is 17.6 Å². The molecule has 3 rings (SSSR count). The molecule has 1 aromatic rings. The number of para-hydroxylation sites is 1. The minimum Gasteiger partial charge on any atom is -0.344 e. The van der Waals surface area contributed by atoms with Gasteiger partial charge in [-0.3, -0.25) is 0 Å². The summed E-state index contributed by atoms with van der Waals surface area (Å²) in [7, 11) is 4.18. The van der Waals surface area contributed by atoms with Crippen molar-refractivity contribution in [2.75, 3.05) is 40.3 Å². The molecule has 1 aromatic carbocycles. The Morgan fingerprint density at radius 1 is 0.905 bits per heavy atom.